The molecule has 0 atom stereocenters. The highest BCUT2D eigenvalue weighted by Crippen LogP contribution is 2.29. The van der Waals surface area contributed by atoms with Crippen molar-refractivity contribution in [2.75, 3.05) is 0 Å². The van der Waals surface area contributed by atoms with Gasteiger partial charge in [0.25, 0.3) is 0 Å². The summed E-state index contributed by atoms with van der Waals surface area (Å²) in [5.41, 5.74) is 1.72. The number of thiophene rings is 1. The Morgan fingerprint density at radius 2 is 2.32 bits per heavy atom. The molecule has 0 aliphatic heterocycles. The highest BCUT2D eigenvalue weighted by atomic mass is 32.2. The lowest BCUT2D eigenvalue weighted by atomic mass is 10.4. The average molecular weight is 329 g/mol. The molecule has 110 valence electrons. The number of aryl methyl sites for hydroxylation is 1. The maximum atomic E-state index is 5.53. The molecule has 0 radical (unpaired) electrons. The van der Waals surface area contributed by atoms with Gasteiger partial charge in [0.05, 0.1) is 22.2 Å². The molecule has 0 fully saturated rings. The number of oxazole rings is 1. The van der Waals surface area contributed by atoms with Crippen LogP contribution in [0, 0.1) is 0 Å². The van der Waals surface area contributed by atoms with Gasteiger partial charge in [-0.3, -0.25) is 4.68 Å². The molecule has 0 amide bonds. The maximum absolute atomic E-state index is 5.53. The van der Waals surface area contributed by atoms with E-state index >= 15 is 0 Å². The molecular formula is C14H11N5OS2. The number of hydrogen-bond acceptors (Lipinski definition) is 7. The molecular weight excluding hydrogens is 318 g/mol. The Kier molecular flexibility index (Phi) is 3.39. The Morgan fingerprint density at radius 3 is 3.18 bits per heavy atom. The van der Waals surface area contributed by atoms with Crippen molar-refractivity contribution in [1.29, 1.82) is 0 Å². The molecule has 0 N–H and O–H groups in total. The molecule has 0 aromatic carbocycles. The average Bonchev–Trinajstić information content (AvgIpc) is 3.26. The molecule has 4 aromatic rings. The van der Waals surface area contributed by atoms with E-state index in [0.29, 0.717) is 11.6 Å². The van der Waals surface area contributed by atoms with Gasteiger partial charge in [0.1, 0.15) is 17.6 Å². The third kappa shape index (κ3) is 2.40. The van der Waals surface area contributed by atoms with Crippen molar-refractivity contribution < 1.29 is 4.42 Å². The lowest BCUT2D eigenvalue weighted by Crippen LogP contribution is -1.93. The van der Waals surface area contributed by atoms with Crippen LogP contribution in [0.4, 0.5) is 0 Å². The van der Waals surface area contributed by atoms with Crippen LogP contribution in [0.15, 0.2) is 45.7 Å². The SMILES string of the molecule is Cn1ncc2c(SCc3coc(-c4cccs4)n3)ncnc21. The largest absolute Gasteiger partial charge is 0.444 e. The molecule has 4 rings (SSSR count). The van der Waals surface area contributed by atoms with Crippen molar-refractivity contribution in [3.05, 3.63) is 42.0 Å². The normalized spacial score (nSPS) is 11.3. The first-order valence-electron chi connectivity index (χ1n) is 6.55. The molecule has 8 heteroatoms. The molecule has 0 saturated heterocycles. The lowest BCUT2D eigenvalue weighted by molar-refractivity contribution is 0.575. The van der Waals surface area contributed by atoms with Gasteiger partial charge >= 0.3 is 0 Å². The van der Waals surface area contributed by atoms with Crippen LogP contribution in [-0.4, -0.2) is 24.7 Å². The summed E-state index contributed by atoms with van der Waals surface area (Å²) in [5.74, 6) is 1.36. The fraction of sp³-hybridized carbons (Fsp3) is 0.143. The fourth-order valence-electron chi connectivity index (χ4n) is 2.08. The van der Waals surface area contributed by atoms with Crippen molar-refractivity contribution in [3.8, 4) is 10.8 Å². The Labute approximate surface area is 134 Å². The summed E-state index contributed by atoms with van der Waals surface area (Å²) in [7, 11) is 1.87. The predicted octanol–water partition coefficient (Wildman–Crippen LogP) is 3.37. The van der Waals surface area contributed by atoms with E-state index < -0.39 is 0 Å². The van der Waals surface area contributed by atoms with Gasteiger partial charge in [-0.25, -0.2) is 15.0 Å². The molecule has 0 aliphatic carbocycles. The van der Waals surface area contributed by atoms with E-state index in [4.69, 9.17) is 4.42 Å². The van der Waals surface area contributed by atoms with E-state index in [9.17, 15) is 0 Å². The van der Waals surface area contributed by atoms with E-state index in [1.54, 1.807) is 46.6 Å². The van der Waals surface area contributed by atoms with Crippen LogP contribution < -0.4 is 0 Å². The molecule has 22 heavy (non-hydrogen) atoms. The number of fused-ring (bicyclic) bond motifs is 1. The van der Waals surface area contributed by atoms with Crippen LogP contribution in [0.5, 0.6) is 0 Å². The lowest BCUT2D eigenvalue weighted by Gasteiger charge is -1.99. The predicted molar refractivity (Wildman–Crippen MR) is 85.7 cm³/mol. The Bertz CT molecular complexity index is 913. The van der Waals surface area contributed by atoms with Crippen molar-refractivity contribution in [3.63, 3.8) is 0 Å². The van der Waals surface area contributed by atoms with Crippen LogP contribution in [0.2, 0.25) is 0 Å². The monoisotopic (exact) mass is 329 g/mol. The Balaban J connectivity index is 1.55. The summed E-state index contributed by atoms with van der Waals surface area (Å²) in [4.78, 5) is 14.1. The Morgan fingerprint density at radius 1 is 1.36 bits per heavy atom. The zero-order chi connectivity index (χ0) is 14.9. The van der Waals surface area contributed by atoms with Crippen LogP contribution in [0.25, 0.3) is 21.8 Å². The summed E-state index contributed by atoms with van der Waals surface area (Å²) in [6, 6.07) is 3.98. The van der Waals surface area contributed by atoms with Gasteiger partial charge in [0.15, 0.2) is 5.65 Å². The van der Waals surface area contributed by atoms with Crippen molar-refractivity contribution >= 4 is 34.1 Å². The summed E-state index contributed by atoms with van der Waals surface area (Å²) in [6.45, 7) is 0. The molecule has 4 heterocycles. The smallest absolute Gasteiger partial charge is 0.236 e. The Hall–Kier alpha value is -2.19. The molecule has 0 unspecified atom stereocenters. The first kappa shape index (κ1) is 13.5. The number of nitrogens with zero attached hydrogens (tertiary/aromatic N) is 5. The first-order valence-corrected chi connectivity index (χ1v) is 8.41. The standard InChI is InChI=1S/C14H11N5OS2/c1-19-12-10(5-17-19)14(16-8-15-12)22-7-9-6-20-13(18-9)11-3-2-4-21-11/h2-6,8H,7H2,1H3. The first-order chi connectivity index (χ1) is 10.8. The molecule has 0 spiro atoms. The topological polar surface area (TPSA) is 69.6 Å². The van der Waals surface area contributed by atoms with Gasteiger partial charge in [-0.15, -0.1) is 11.3 Å². The van der Waals surface area contributed by atoms with Crippen molar-refractivity contribution in [2.45, 2.75) is 10.8 Å². The van der Waals surface area contributed by atoms with Gasteiger partial charge in [-0.2, -0.15) is 5.10 Å². The second kappa shape index (κ2) is 5.54. The molecule has 0 bridgehead atoms. The summed E-state index contributed by atoms with van der Waals surface area (Å²) in [5, 5.41) is 8.08. The minimum absolute atomic E-state index is 0.666. The third-order valence-corrected chi connectivity index (χ3v) is 5.03. The van der Waals surface area contributed by atoms with Crippen LogP contribution in [-0.2, 0) is 12.8 Å². The number of rotatable bonds is 4. The quantitative estimate of drug-likeness (QED) is 0.422. The minimum atomic E-state index is 0.666. The zero-order valence-electron chi connectivity index (χ0n) is 11.6. The van der Waals surface area contributed by atoms with Crippen molar-refractivity contribution in [2.24, 2.45) is 7.05 Å². The number of hydrogen-bond donors (Lipinski definition) is 0. The highest BCUT2D eigenvalue weighted by Gasteiger charge is 2.11. The van der Waals surface area contributed by atoms with Crippen LogP contribution >= 0.6 is 23.1 Å². The van der Waals surface area contributed by atoms with Crippen molar-refractivity contribution in [1.82, 2.24) is 24.7 Å². The third-order valence-electron chi connectivity index (χ3n) is 3.13. The second-order valence-corrected chi connectivity index (χ2v) is 6.51. The summed E-state index contributed by atoms with van der Waals surface area (Å²) >= 11 is 3.22. The van der Waals surface area contributed by atoms with E-state index in [0.717, 1.165) is 26.6 Å². The van der Waals surface area contributed by atoms with E-state index in [-0.39, 0.29) is 0 Å². The minimum Gasteiger partial charge on any atom is -0.444 e. The summed E-state index contributed by atoms with van der Waals surface area (Å²) in [6.07, 6.45) is 5.05. The van der Waals surface area contributed by atoms with Gasteiger partial charge in [0.2, 0.25) is 5.89 Å². The second-order valence-electron chi connectivity index (χ2n) is 4.59. The highest BCUT2D eigenvalue weighted by molar-refractivity contribution is 7.98. The zero-order valence-corrected chi connectivity index (χ0v) is 13.3. The van der Waals surface area contributed by atoms with E-state index in [1.807, 2.05) is 24.6 Å². The molecule has 0 aliphatic rings. The molecule has 4 aromatic heterocycles. The van der Waals surface area contributed by atoms with Crippen LogP contribution in [0.1, 0.15) is 5.69 Å². The van der Waals surface area contributed by atoms with E-state index in [2.05, 4.69) is 20.1 Å². The number of aromatic nitrogens is 5. The van der Waals surface area contributed by atoms with Gasteiger partial charge in [-0.05, 0) is 11.4 Å². The van der Waals surface area contributed by atoms with Crippen LogP contribution in [0.3, 0.4) is 0 Å². The maximum Gasteiger partial charge on any atom is 0.236 e. The fourth-order valence-corrected chi connectivity index (χ4v) is 3.58. The van der Waals surface area contributed by atoms with Gasteiger partial charge in [0, 0.05) is 12.8 Å². The molecule has 0 saturated carbocycles. The number of thioether (sulfide) groups is 1. The van der Waals surface area contributed by atoms with E-state index in [1.165, 1.54) is 0 Å². The summed E-state index contributed by atoms with van der Waals surface area (Å²) < 4.78 is 7.27. The van der Waals surface area contributed by atoms with Gasteiger partial charge in [-0.1, -0.05) is 17.8 Å². The molecule has 6 nitrogen and oxygen atoms in total. The van der Waals surface area contributed by atoms with Gasteiger partial charge < -0.3 is 4.42 Å².